The number of rotatable bonds is 20. The van der Waals surface area contributed by atoms with Gasteiger partial charge in [-0.15, -0.1) is 0 Å². The van der Waals surface area contributed by atoms with Crippen LogP contribution < -0.4 is 10.5 Å². The van der Waals surface area contributed by atoms with E-state index in [0.717, 1.165) is 25.2 Å². The maximum Gasteiger partial charge on any atom is 0.134 e. The Morgan fingerprint density at radius 3 is 1.57 bits per heavy atom. The predicted molar refractivity (Wildman–Crippen MR) is 189 cm³/mol. The number of hydrogen-bond acceptors (Lipinski definition) is 2. The molecule has 0 saturated heterocycles. The maximum atomic E-state index is 6.66. The van der Waals surface area contributed by atoms with E-state index < -0.39 is 0 Å². The fraction of sp³-hybridized carbons (Fsp3) is 0.650. The Bertz CT molecular complexity index is 1130. The van der Waals surface area contributed by atoms with Gasteiger partial charge in [0.25, 0.3) is 0 Å². The summed E-state index contributed by atoms with van der Waals surface area (Å²) in [6.45, 7) is 12.4. The Balaban J connectivity index is 0.00000301. The van der Waals surface area contributed by atoms with Crippen LogP contribution in [-0.2, 0) is 11.8 Å². The van der Waals surface area contributed by atoms with E-state index >= 15 is 0 Å². The van der Waals surface area contributed by atoms with Gasteiger partial charge in [-0.05, 0) is 53.6 Å². The summed E-state index contributed by atoms with van der Waals surface area (Å²) in [7, 11) is 1.50. The van der Waals surface area contributed by atoms with Gasteiger partial charge in [-0.2, -0.15) is 0 Å². The Morgan fingerprint density at radius 2 is 1.02 bits per heavy atom. The van der Waals surface area contributed by atoms with Crippen LogP contribution in [0.4, 0.5) is 0 Å². The van der Waals surface area contributed by atoms with Gasteiger partial charge in [0, 0.05) is 10.8 Å². The number of hydrogen-bond donors (Lipinski definition) is 1. The Morgan fingerprint density at radius 1 is 0.548 bits per heavy atom. The lowest BCUT2D eigenvalue weighted by atomic mass is 9.83. The van der Waals surface area contributed by atoms with Crippen molar-refractivity contribution in [3.8, 4) is 5.75 Å². The van der Waals surface area contributed by atoms with Crippen molar-refractivity contribution in [1.29, 1.82) is 0 Å². The SMILES string of the molecule is CCCCCCCCCCCc1c2ccccc2c(OCCCCCCCCCC)c2ccc(C(C)(C)C)cc12.CN. The molecule has 0 aromatic heterocycles. The van der Waals surface area contributed by atoms with Crippen LogP contribution in [0.5, 0.6) is 5.75 Å². The molecule has 0 aliphatic rings. The number of unbranched alkanes of at least 4 members (excludes halogenated alkanes) is 15. The van der Waals surface area contributed by atoms with E-state index in [1.807, 2.05) is 0 Å². The van der Waals surface area contributed by atoms with Crippen LogP contribution in [0.25, 0.3) is 21.5 Å². The van der Waals surface area contributed by atoms with E-state index in [2.05, 4.69) is 82.8 Å². The van der Waals surface area contributed by atoms with Gasteiger partial charge in [-0.3, -0.25) is 0 Å². The molecule has 3 rings (SSSR count). The zero-order valence-electron chi connectivity index (χ0n) is 28.5. The van der Waals surface area contributed by atoms with Gasteiger partial charge < -0.3 is 10.5 Å². The van der Waals surface area contributed by atoms with Gasteiger partial charge in [0.15, 0.2) is 0 Å². The van der Waals surface area contributed by atoms with E-state index in [0.29, 0.717) is 0 Å². The van der Waals surface area contributed by atoms with Crippen molar-refractivity contribution in [3.05, 3.63) is 53.6 Å². The van der Waals surface area contributed by atoms with E-state index in [4.69, 9.17) is 4.74 Å². The Labute approximate surface area is 260 Å². The smallest absolute Gasteiger partial charge is 0.134 e. The van der Waals surface area contributed by atoms with Crippen molar-refractivity contribution in [2.24, 2.45) is 5.73 Å². The summed E-state index contributed by atoms with van der Waals surface area (Å²) in [4.78, 5) is 0. The first-order chi connectivity index (χ1) is 20.5. The molecule has 0 bridgehead atoms. The fourth-order valence-corrected chi connectivity index (χ4v) is 6.14. The third kappa shape index (κ3) is 11.9. The van der Waals surface area contributed by atoms with E-state index in [9.17, 15) is 0 Å². The molecule has 2 nitrogen and oxygen atoms in total. The molecule has 0 aliphatic heterocycles. The second-order valence-electron chi connectivity index (χ2n) is 13.3. The molecule has 3 aromatic rings. The van der Waals surface area contributed by atoms with E-state index in [1.165, 1.54) is 142 Å². The topological polar surface area (TPSA) is 35.2 Å². The average molecular weight is 576 g/mol. The van der Waals surface area contributed by atoms with Crippen molar-refractivity contribution in [2.45, 2.75) is 156 Å². The van der Waals surface area contributed by atoms with Crippen molar-refractivity contribution >= 4 is 21.5 Å². The lowest BCUT2D eigenvalue weighted by Crippen LogP contribution is -2.11. The van der Waals surface area contributed by atoms with Crippen molar-refractivity contribution in [1.82, 2.24) is 0 Å². The number of benzene rings is 3. The summed E-state index contributed by atoms with van der Waals surface area (Å²) < 4.78 is 6.66. The first-order valence-corrected chi connectivity index (χ1v) is 17.7. The molecule has 236 valence electrons. The van der Waals surface area contributed by atoms with Crippen molar-refractivity contribution in [2.75, 3.05) is 13.7 Å². The first kappa shape index (κ1) is 36.1. The molecule has 0 heterocycles. The lowest BCUT2D eigenvalue weighted by molar-refractivity contribution is 0.311. The van der Waals surface area contributed by atoms with Crippen LogP contribution in [-0.4, -0.2) is 13.7 Å². The minimum absolute atomic E-state index is 0.132. The predicted octanol–water partition coefficient (Wildman–Crippen LogP) is 12.5. The van der Waals surface area contributed by atoms with Gasteiger partial charge in [-0.1, -0.05) is 173 Å². The van der Waals surface area contributed by atoms with Crippen LogP contribution in [0.2, 0.25) is 0 Å². The van der Waals surface area contributed by atoms with E-state index in [1.54, 1.807) is 0 Å². The summed E-state index contributed by atoms with van der Waals surface area (Å²) in [6.07, 6.45) is 24.1. The minimum Gasteiger partial charge on any atom is -0.492 e. The molecule has 0 unspecified atom stereocenters. The molecule has 0 atom stereocenters. The number of nitrogens with two attached hydrogens (primary N) is 1. The second kappa shape index (κ2) is 20.8. The molecule has 0 fully saturated rings. The average Bonchev–Trinajstić information content (AvgIpc) is 3.00. The molecule has 0 radical (unpaired) electrons. The maximum absolute atomic E-state index is 6.66. The molecule has 0 aliphatic carbocycles. The van der Waals surface area contributed by atoms with Gasteiger partial charge in [0.1, 0.15) is 5.75 Å². The standard InChI is InChI=1S/C39H60O.CH5N/c1-6-8-10-12-14-16-17-19-21-25-34-33-26-22-23-27-35(33)38(40-30-24-20-18-15-13-11-9-7-2)36-29-28-32(31-37(34)36)39(3,4)5;1-2/h22-23,26-29,31H,6-21,24-25,30H2,1-5H3;2H2,1H3. The Hall–Kier alpha value is -2.06. The van der Waals surface area contributed by atoms with Gasteiger partial charge in [-0.25, -0.2) is 0 Å². The Kier molecular flexibility index (Phi) is 17.9. The summed E-state index contributed by atoms with van der Waals surface area (Å²) >= 11 is 0. The zero-order valence-corrected chi connectivity index (χ0v) is 28.5. The fourth-order valence-electron chi connectivity index (χ4n) is 6.14. The van der Waals surface area contributed by atoms with Crippen molar-refractivity contribution in [3.63, 3.8) is 0 Å². The quantitative estimate of drug-likeness (QED) is 0.107. The second-order valence-corrected chi connectivity index (χ2v) is 13.3. The zero-order chi connectivity index (χ0) is 30.6. The third-order valence-corrected chi connectivity index (χ3v) is 8.73. The lowest BCUT2D eigenvalue weighted by Gasteiger charge is -2.23. The summed E-state index contributed by atoms with van der Waals surface area (Å²) in [5.41, 5.74) is 7.57. The van der Waals surface area contributed by atoms with Crippen LogP contribution in [0.1, 0.15) is 155 Å². The van der Waals surface area contributed by atoms with Gasteiger partial charge in [0.05, 0.1) is 6.61 Å². The highest BCUT2D eigenvalue weighted by Crippen LogP contribution is 2.41. The van der Waals surface area contributed by atoms with Crippen LogP contribution in [0.15, 0.2) is 42.5 Å². The molecule has 0 saturated carbocycles. The van der Waals surface area contributed by atoms with E-state index in [-0.39, 0.29) is 5.41 Å². The number of aryl methyl sites for hydroxylation is 1. The number of fused-ring (bicyclic) bond motifs is 2. The van der Waals surface area contributed by atoms with Gasteiger partial charge >= 0.3 is 0 Å². The highest BCUT2D eigenvalue weighted by atomic mass is 16.5. The molecular formula is C40H65NO. The highest BCUT2D eigenvalue weighted by molar-refractivity contribution is 6.08. The van der Waals surface area contributed by atoms with Crippen LogP contribution in [0, 0.1) is 0 Å². The monoisotopic (exact) mass is 576 g/mol. The van der Waals surface area contributed by atoms with Crippen LogP contribution in [0.3, 0.4) is 0 Å². The number of ether oxygens (including phenoxy) is 1. The molecule has 2 heteroatoms. The highest BCUT2D eigenvalue weighted by Gasteiger charge is 2.19. The van der Waals surface area contributed by atoms with Crippen LogP contribution >= 0.6 is 0 Å². The summed E-state index contributed by atoms with van der Waals surface area (Å²) in [6, 6.07) is 16.2. The molecule has 3 aromatic carbocycles. The third-order valence-electron chi connectivity index (χ3n) is 8.73. The molecular weight excluding hydrogens is 510 g/mol. The largest absolute Gasteiger partial charge is 0.492 e. The summed E-state index contributed by atoms with van der Waals surface area (Å²) in [5.74, 6) is 1.10. The normalized spacial score (nSPS) is 11.6. The molecule has 0 spiro atoms. The molecule has 42 heavy (non-hydrogen) atoms. The minimum atomic E-state index is 0.132. The van der Waals surface area contributed by atoms with Gasteiger partial charge in [0.2, 0.25) is 0 Å². The van der Waals surface area contributed by atoms with Crippen molar-refractivity contribution < 1.29 is 4.74 Å². The first-order valence-electron chi connectivity index (χ1n) is 17.7. The summed E-state index contributed by atoms with van der Waals surface area (Å²) in [5, 5.41) is 5.41. The molecule has 2 N–H and O–H groups in total. The molecule has 0 amide bonds.